The Bertz CT molecular complexity index is 781. The van der Waals surface area contributed by atoms with Gasteiger partial charge in [-0.15, -0.1) is 0 Å². The molecule has 1 aliphatic rings. The molecule has 1 N–H and O–H groups in total. The van der Waals surface area contributed by atoms with Gasteiger partial charge >= 0.3 is 0 Å². The maximum absolute atomic E-state index is 12.2. The van der Waals surface area contributed by atoms with Crippen molar-refractivity contribution in [1.29, 1.82) is 0 Å². The fourth-order valence-electron chi connectivity index (χ4n) is 3.55. The minimum Gasteiger partial charge on any atom is -0.370 e. The van der Waals surface area contributed by atoms with Gasteiger partial charge in [0.25, 0.3) is 0 Å². The van der Waals surface area contributed by atoms with E-state index < -0.39 is 0 Å². The predicted molar refractivity (Wildman–Crippen MR) is 104 cm³/mol. The highest BCUT2D eigenvalue weighted by Crippen LogP contribution is 2.25. The van der Waals surface area contributed by atoms with Crippen molar-refractivity contribution in [1.82, 2.24) is 20.3 Å². The van der Waals surface area contributed by atoms with Gasteiger partial charge in [-0.2, -0.15) is 0 Å². The third kappa shape index (κ3) is 3.94. The molecule has 0 bridgehead atoms. The molecule has 1 fully saturated rings. The number of carbonyl (C=O) groups excluding carboxylic acids is 1. The van der Waals surface area contributed by atoms with E-state index in [0.717, 1.165) is 61.4 Å². The van der Waals surface area contributed by atoms with Gasteiger partial charge in [-0.3, -0.25) is 4.79 Å². The number of hydrogen-bond donors (Lipinski definition) is 1. The first-order valence-electron chi connectivity index (χ1n) is 9.72. The van der Waals surface area contributed by atoms with Crippen LogP contribution >= 0.6 is 0 Å². The third-order valence-corrected chi connectivity index (χ3v) is 4.99. The summed E-state index contributed by atoms with van der Waals surface area (Å²) in [5.41, 5.74) is 4.74. The summed E-state index contributed by atoms with van der Waals surface area (Å²) < 4.78 is 0. The number of amides is 1. The molecule has 0 spiro atoms. The lowest BCUT2D eigenvalue weighted by Crippen LogP contribution is -2.42. The van der Waals surface area contributed by atoms with Gasteiger partial charge in [-0.1, -0.05) is 13.8 Å². The van der Waals surface area contributed by atoms with Crippen molar-refractivity contribution >= 4 is 22.8 Å². The van der Waals surface area contributed by atoms with Gasteiger partial charge in [0, 0.05) is 25.0 Å². The number of hydrogen-bond acceptors (Lipinski definition) is 5. The summed E-state index contributed by atoms with van der Waals surface area (Å²) in [4.78, 5) is 28.5. The van der Waals surface area contributed by atoms with E-state index in [0.29, 0.717) is 5.65 Å². The Kier molecular flexibility index (Phi) is 5.69. The van der Waals surface area contributed by atoms with Crippen LogP contribution in [0.15, 0.2) is 12.3 Å². The maximum atomic E-state index is 12.2. The molecule has 0 atom stereocenters. The van der Waals surface area contributed by atoms with E-state index in [-0.39, 0.29) is 17.9 Å². The van der Waals surface area contributed by atoms with E-state index >= 15 is 0 Å². The van der Waals surface area contributed by atoms with Crippen LogP contribution in [0, 0.1) is 5.92 Å². The molecule has 3 heterocycles. The average Bonchev–Trinajstić information content (AvgIpc) is 2.66. The number of nitrogens with zero attached hydrogens (tertiary/aromatic N) is 4. The maximum Gasteiger partial charge on any atom is 0.223 e. The fourth-order valence-corrected chi connectivity index (χ4v) is 3.55. The lowest BCUT2D eigenvalue weighted by atomic mass is 9.95. The van der Waals surface area contributed by atoms with Gasteiger partial charge in [-0.05, 0) is 45.6 Å². The van der Waals surface area contributed by atoms with E-state index in [1.54, 1.807) is 0 Å². The molecule has 1 saturated heterocycles. The molecule has 2 aromatic rings. The van der Waals surface area contributed by atoms with Crippen molar-refractivity contribution in [2.45, 2.75) is 59.4 Å². The van der Waals surface area contributed by atoms with E-state index in [9.17, 15) is 4.79 Å². The topological polar surface area (TPSA) is 71.0 Å². The van der Waals surface area contributed by atoms with E-state index in [2.05, 4.69) is 40.1 Å². The minimum atomic E-state index is 0.112. The zero-order chi connectivity index (χ0) is 18.7. The smallest absolute Gasteiger partial charge is 0.223 e. The average molecular weight is 355 g/mol. The Hall–Kier alpha value is -2.24. The first-order chi connectivity index (χ1) is 12.5. The number of piperidine rings is 1. The number of nitrogens with one attached hydrogen (secondary N) is 1. The zero-order valence-corrected chi connectivity index (χ0v) is 16.2. The Balaban J connectivity index is 1.74. The number of fused-ring (bicyclic) bond motifs is 1. The van der Waals surface area contributed by atoms with Crippen LogP contribution in [0.2, 0.25) is 0 Å². The molecule has 0 aliphatic carbocycles. The summed E-state index contributed by atoms with van der Waals surface area (Å²) in [6.07, 6.45) is 5.39. The van der Waals surface area contributed by atoms with Crippen LogP contribution in [-0.2, 0) is 17.6 Å². The molecular formula is C20H29N5O. The second-order valence-corrected chi connectivity index (χ2v) is 7.28. The molecule has 3 rings (SSSR count). The second-order valence-electron chi connectivity index (χ2n) is 7.28. The molecule has 0 radical (unpaired) electrons. The molecule has 1 aliphatic heterocycles. The van der Waals surface area contributed by atoms with Crippen molar-refractivity contribution in [3.63, 3.8) is 0 Å². The van der Waals surface area contributed by atoms with Crippen LogP contribution in [-0.4, -0.2) is 40.0 Å². The fraction of sp³-hybridized carbons (Fsp3) is 0.600. The van der Waals surface area contributed by atoms with Crippen LogP contribution in [0.1, 0.15) is 51.9 Å². The molecule has 2 aromatic heterocycles. The monoisotopic (exact) mass is 355 g/mol. The quantitative estimate of drug-likeness (QED) is 0.893. The number of carbonyl (C=O) groups is 1. The van der Waals surface area contributed by atoms with Crippen molar-refractivity contribution in [3.05, 3.63) is 23.7 Å². The molecule has 1 amide bonds. The van der Waals surface area contributed by atoms with E-state index in [4.69, 9.17) is 4.98 Å². The summed E-state index contributed by atoms with van der Waals surface area (Å²) in [5, 5.41) is 3.03. The van der Waals surface area contributed by atoms with Gasteiger partial charge in [0.2, 0.25) is 5.91 Å². The highest BCUT2D eigenvalue weighted by Gasteiger charge is 2.25. The molecule has 0 aromatic carbocycles. The zero-order valence-electron chi connectivity index (χ0n) is 16.2. The van der Waals surface area contributed by atoms with Gasteiger partial charge in [0.05, 0.1) is 23.3 Å². The lowest BCUT2D eigenvalue weighted by molar-refractivity contribution is -0.126. The number of aromatic nitrogens is 3. The van der Waals surface area contributed by atoms with Gasteiger partial charge in [-0.25, -0.2) is 15.0 Å². The van der Waals surface area contributed by atoms with Crippen molar-refractivity contribution in [2.24, 2.45) is 5.92 Å². The highest BCUT2D eigenvalue weighted by atomic mass is 16.1. The molecule has 6 heteroatoms. The number of anilines is 1. The van der Waals surface area contributed by atoms with Crippen LogP contribution in [0.25, 0.3) is 11.2 Å². The molecule has 6 nitrogen and oxygen atoms in total. The standard InChI is InChI=1S/C20H29N5O/c1-5-16-17(6-2)24-19-18(23-16)11-15(12-21-19)25-9-7-14(8-10-25)20(26)22-13(3)4/h11-14H,5-10H2,1-4H3,(H,22,26). The molecule has 140 valence electrons. The summed E-state index contributed by atoms with van der Waals surface area (Å²) in [5.74, 6) is 0.294. The van der Waals surface area contributed by atoms with Crippen LogP contribution < -0.4 is 10.2 Å². The van der Waals surface area contributed by atoms with Crippen LogP contribution in [0.5, 0.6) is 0 Å². The Morgan fingerprint density at radius 2 is 1.85 bits per heavy atom. The number of rotatable bonds is 5. The second kappa shape index (κ2) is 7.98. The minimum absolute atomic E-state index is 0.112. The van der Waals surface area contributed by atoms with Crippen LogP contribution in [0.3, 0.4) is 0 Å². The predicted octanol–water partition coefficient (Wildman–Crippen LogP) is 2.89. The normalized spacial score (nSPS) is 15.7. The van der Waals surface area contributed by atoms with Crippen molar-refractivity contribution in [3.8, 4) is 0 Å². The Morgan fingerprint density at radius 1 is 1.19 bits per heavy atom. The van der Waals surface area contributed by atoms with E-state index in [1.807, 2.05) is 20.0 Å². The molecular weight excluding hydrogens is 326 g/mol. The third-order valence-electron chi connectivity index (χ3n) is 4.99. The van der Waals surface area contributed by atoms with Crippen molar-refractivity contribution < 1.29 is 4.79 Å². The lowest BCUT2D eigenvalue weighted by Gasteiger charge is -2.33. The first kappa shape index (κ1) is 18.5. The van der Waals surface area contributed by atoms with E-state index in [1.165, 1.54) is 0 Å². The van der Waals surface area contributed by atoms with Gasteiger partial charge in [0.15, 0.2) is 5.65 Å². The summed E-state index contributed by atoms with van der Waals surface area (Å²) in [7, 11) is 0. The SMILES string of the molecule is CCc1nc2cc(N3CCC(C(=O)NC(C)C)CC3)cnc2nc1CC. The van der Waals surface area contributed by atoms with Gasteiger partial charge < -0.3 is 10.2 Å². The number of pyridine rings is 1. The van der Waals surface area contributed by atoms with Crippen molar-refractivity contribution in [2.75, 3.05) is 18.0 Å². The first-order valence-corrected chi connectivity index (χ1v) is 9.72. The largest absolute Gasteiger partial charge is 0.370 e. The molecule has 26 heavy (non-hydrogen) atoms. The van der Waals surface area contributed by atoms with Crippen LogP contribution in [0.4, 0.5) is 5.69 Å². The summed E-state index contributed by atoms with van der Waals surface area (Å²) >= 11 is 0. The number of aryl methyl sites for hydroxylation is 2. The summed E-state index contributed by atoms with van der Waals surface area (Å²) in [6, 6.07) is 2.28. The molecule has 0 saturated carbocycles. The highest BCUT2D eigenvalue weighted by molar-refractivity contribution is 5.79. The Morgan fingerprint density at radius 3 is 2.46 bits per heavy atom. The van der Waals surface area contributed by atoms with Gasteiger partial charge in [0.1, 0.15) is 5.52 Å². The Labute approximate surface area is 155 Å². The molecule has 0 unspecified atom stereocenters. The summed E-state index contributed by atoms with van der Waals surface area (Å²) in [6.45, 7) is 9.95.